The van der Waals surface area contributed by atoms with E-state index >= 15 is 0 Å². The second-order valence-electron chi connectivity index (χ2n) is 16.1. The van der Waals surface area contributed by atoms with Crippen LogP contribution in [0.15, 0.2) is 60.2 Å². The van der Waals surface area contributed by atoms with E-state index in [1.165, 1.54) is 105 Å². The van der Waals surface area contributed by atoms with E-state index in [9.17, 15) is 15.2 Å². The number of fused-ring (bicyclic) bond motifs is 7. The number of aromatic nitrogens is 1. The Morgan fingerprint density at radius 1 is 0.847 bits per heavy atom. The summed E-state index contributed by atoms with van der Waals surface area (Å²) in [4.78, 5) is 18.9. The van der Waals surface area contributed by atoms with Gasteiger partial charge in [0.1, 0.15) is 38.7 Å². The molecule has 1 aliphatic carbocycles. The molecule has 0 saturated carbocycles. The predicted molar refractivity (Wildman–Crippen MR) is 247 cm³/mol. The summed E-state index contributed by atoms with van der Waals surface area (Å²) in [5.41, 5.74) is 6.17. The second-order valence-corrected chi connectivity index (χ2v) is 23.5. The fourth-order valence-electron chi connectivity index (χ4n) is 9.69. The lowest BCUT2D eigenvalue weighted by atomic mass is 10.1. The maximum absolute atomic E-state index is 11.9. The third kappa shape index (κ3) is 7.06. The smallest absolute Gasteiger partial charge is 0.346 e. The number of rotatable bonds is 16. The van der Waals surface area contributed by atoms with E-state index in [1.54, 1.807) is 41.0 Å². The molecule has 0 bridgehead atoms. The molecule has 59 heavy (non-hydrogen) atoms. The average Bonchev–Trinajstić information content (AvgIpc) is 4.11. The lowest BCUT2D eigenvalue weighted by molar-refractivity contribution is -0.132. The number of aliphatic carboxylic acids is 1. The van der Waals surface area contributed by atoms with Crippen molar-refractivity contribution in [2.45, 2.75) is 96.6 Å². The van der Waals surface area contributed by atoms with Crippen molar-refractivity contribution in [1.82, 2.24) is 4.57 Å². The minimum absolute atomic E-state index is 0.217. The van der Waals surface area contributed by atoms with Gasteiger partial charge in [-0.2, -0.15) is 5.26 Å². The Bertz CT molecular complexity index is 2610. The molecule has 0 saturated heterocycles. The largest absolute Gasteiger partial charge is 0.497 e. The zero-order valence-corrected chi connectivity index (χ0v) is 37.5. The molecule has 11 heteroatoms. The maximum Gasteiger partial charge on any atom is 0.346 e. The molecule has 1 N–H and O–H groups in total. The lowest BCUT2D eigenvalue weighted by Gasteiger charge is -2.29. The van der Waals surface area contributed by atoms with Gasteiger partial charge in [0.25, 0.3) is 0 Å². The zero-order chi connectivity index (χ0) is 40.7. The molecule has 2 aromatic carbocycles. The van der Waals surface area contributed by atoms with Gasteiger partial charge in [-0.1, -0.05) is 71.3 Å². The first-order chi connectivity index (χ1) is 28.9. The van der Waals surface area contributed by atoms with Crippen LogP contribution in [0.25, 0.3) is 52.6 Å². The van der Waals surface area contributed by atoms with Crippen LogP contribution >= 0.6 is 34.0 Å². The standard InChI is InChI=1S/C48H50N2O5S3Si/c1-4-6-8-10-23-59(24-11-9-7-5-2)40-27-34(25-31(29-49)48(51)52)56-46(40)47-41(59)28-39(57-47)45-43-42(54-21-22-55-43)44(58-45)30-15-20-38-36(26-30)35-13-12-14-37(35)50(38)32-16-18-33(53-3)19-17-32/h15-20,25-28H,4-14,21-24H2,1-3H3,(H,51,52)/b31-25-. The van der Waals surface area contributed by atoms with Gasteiger partial charge in [-0.25, -0.2) is 4.79 Å². The van der Waals surface area contributed by atoms with E-state index < -0.39 is 14.0 Å². The number of unbranched alkanes of at least 4 members (excludes halogenated alkanes) is 6. The van der Waals surface area contributed by atoms with E-state index in [-0.39, 0.29) is 5.57 Å². The van der Waals surface area contributed by atoms with Gasteiger partial charge in [-0.15, -0.1) is 34.0 Å². The Morgan fingerprint density at radius 2 is 1.54 bits per heavy atom. The molecular formula is C48H50N2O5S3Si. The highest BCUT2D eigenvalue weighted by Gasteiger charge is 2.47. The fourth-order valence-corrected chi connectivity index (χ4v) is 20.4. The third-order valence-corrected chi connectivity index (χ3v) is 21.9. The number of carboxylic acid groups (broad SMARTS) is 1. The summed E-state index contributed by atoms with van der Waals surface area (Å²) in [6, 6.07) is 24.4. The first-order valence-corrected chi connectivity index (χ1v) is 26.1. The van der Waals surface area contributed by atoms with Gasteiger partial charge in [0.15, 0.2) is 11.5 Å². The number of carboxylic acids is 1. The molecule has 6 aromatic rings. The van der Waals surface area contributed by atoms with Gasteiger partial charge in [0, 0.05) is 36.3 Å². The molecule has 0 amide bonds. The number of methoxy groups -OCH3 is 1. The highest BCUT2D eigenvalue weighted by molar-refractivity contribution is 7.32. The zero-order valence-electron chi connectivity index (χ0n) is 34.1. The topological polar surface area (TPSA) is 93.7 Å². The van der Waals surface area contributed by atoms with Crippen molar-refractivity contribution in [2.75, 3.05) is 20.3 Å². The van der Waals surface area contributed by atoms with Crippen LogP contribution in [0.4, 0.5) is 0 Å². The first-order valence-electron chi connectivity index (χ1n) is 21.3. The van der Waals surface area contributed by atoms with Crippen LogP contribution < -0.4 is 24.6 Å². The van der Waals surface area contributed by atoms with Crippen LogP contribution in [0.1, 0.15) is 87.8 Å². The number of ether oxygens (including phenoxy) is 3. The summed E-state index contributed by atoms with van der Waals surface area (Å²) >= 11 is 5.31. The van der Waals surface area contributed by atoms with Gasteiger partial charge in [-0.3, -0.25) is 0 Å². The normalized spacial score (nSPS) is 15.0. The van der Waals surface area contributed by atoms with Crippen molar-refractivity contribution >= 4 is 75.4 Å². The van der Waals surface area contributed by atoms with E-state index in [2.05, 4.69) is 60.9 Å². The van der Waals surface area contributed by atoms with Crippen molar-refractivity contribution in [3.8, 4) is 59.0 Å². The molecule has 0 unspecified atom stereocenters. The van der Waals surface area contributed by atoms with Crippen molar-refractivity contribution in [3.05, 3.63) is 76.3 Å². The van der Waals surface area contributed by atoms with Crippen LogP contribution in [0.5, 0.6) is 17.2 Å². The number of benzene rings is 2. The number of aryl methyl sites for hydroxylation is 1. The third-order valence-electron chi connectivity index (χ3n) is 12.5. The van der Waals surface area contributed by atoms with Crippen molar-refractivity contribution < 1.29 is 24.1 Å². The number of hydrogen-bond acceptors (Lipinski definition) is 8. The molecule has 6 heterocycles. The van der Waals surface area contributed by atoms with Gasteiger partial charge in [0.2, 0.25) is 0 Å². The lowest BCUT2D eigenvalue weighted by Crippen LogP contribution is -2.54. The molecule has 7 nitrogen and oxygen atoms in total. The Morgan fingerprint density at radius 3 is 2.22 bits per heavy atom. The van der Waals surface area contributed by atoms with E-state index in [0.29, 0.717) is 13.2 Å². The molecule has 304 valence electrons. The number of thiophene rings is 3. The number of nitrogens with zero attached hydrogens (tertiary/aromatic N) is 2. The molecule has 4 aromatic heterocycles. The summed E-state index contributed by atoms with van der Waals surface area (Å²) in [6.07, 6.45) is 14.6. The van der Waals surface area contributed by atoms with E-state index in [1.807, 2.05) is 29.5 Å². The van der Waals surface area contributed by atoms with Crippen LogP contribution in [0.2, 0.25) is 12.1 Å². The fraction of sp³-hybridized carbons (Fsp3) is 0.375. The number of nitriles is 1. The summed E-state index contributed by atoms with van der Waals surface area (Å²) < 4.78 is 21.0. The van der Waals surface area contributed by atoms with Crippen molar-refractivity contribution in [2.24, 2.45) is 0 Å². The average molecular weight is 859 g/mol. The summed E-state index contributed by atoms with van der Waals surface area (Å²) in [7, 11) is -0.525. The summed E-state index contributed by atoms with van der Waals surface area (Å²) in [5.74, 6) is 1.38. The highest BCUT2D eigenvalue weighted by Crippen LogP contribution is 2.57. The quantitative estimate of drug-likeness (QED) is 0.0451. The molecule has 9 rings (SSSR count). The number of hydrogen-bond donors (Lipinski definition) is 1. The Labute approximate surface area is 359 Å². The monoisotopic (exact) mass is 858 g/mol. The molecule has 0 atom stereocenters. The van der Waals surface area contributed by atoms with Crippen molar-refractivity contribution in [1.29, 1.82) is 5.26 Å². The van der Waals surface area contributed by atoms with E-state index in [4.69, 9.17) is 14.2 Å². The molecule has 3 aliphatic rings. The molecule has 2 aliphatic heterocycles. The summed E-state index contributed by atoms with van der Waals surface area (Å²) in [5, 5.41) is 23.7. The molecule has 0 fully saturated rings. The van der Waals surface area contributed by atoms with Gasteiger partial charge < -0.3 is 23.9 Å². The van der Waals surface area contributed by atoms with Gasteiger partial charge in [-0.05, 0) is 107 Å². The van der Waals surface area contributed by atoms with Crippen LogP contribution in [-0.2, 0) is 17.6 Å². The molecular weight excluding hydrogens is 809 g/mol. The van der Waals surface area contributed by atoms with Crippen LogP contribution in [0, 0.1) is 11.3 Å². The maximum atomic E-state index is 11.9. The number of carbonyl (C=O) groups is 1. The Hall–Kier alpha value is -4.60. The molecule has 0 spiro atoms. The molecule has 0 radical (unpaired) electrons. The van der Waals surface area contributed by atoms with Crippen LogP contribution in [-0.4, -0.2) is 44.0 Å². The van der Waals surface area contributed by atoms with Crippen LogP contribution in [0.3, 0.4) is 0 Å². The minimum atomic E-state index is -2.23. The summed E-state index contributed by atoms with van der Waals surface area (Å²) in [6.45, 7) is 5.57. The predicted octanol–water partition coefficient (Wildman–Crippen LogP) is 12.1. The second kappa shape index (κ2) is 16.8. The SMILES string of the molecule is CCCCCC[Si]1(CCCCCC)c2cc(/C=C(/C#N)C(=O)O)sc2-c2sc(-c3sc(-c4ccc5c(c4)c4c(n5-c5ccc(OC)cc5)CCC4)c4c3OCCO4)cc21. The van der Waals surface area contributed by atoms with E-state index in [0.717, 1.165) is 62.4 Å². The Kier molecular flexibility index (Phi) is 11.3. The first kappa shape index (κ1) is 39.8. The van der Waals surface area contributed by atoms with Gasteiger partial charge in [0.05, 0.1) is 22.4 Å². The highest BCUT2D eigenvalue weighted by atomic mass is 32.1. The van der Waals surface area contributed by atoms with Crippen molar-refractivity contribution in [3.63, 3.8) is 0 Å². The van der Waals surface area contributed by atoms with Gasteiger partial charge >= 0.3 is 5.97 Å². The Balaban J connectivity index is 1.16. The minimum Gasteiger partial charge on any atom is -0.497 e.